The number of anilines is 1. The van der Waals surface area contributed by atoms with Gasteiger partial charge in [-0.2, -0.15) is 0 Å². The molecule has 1 atom stereocenters. The Kier molecular flexibility index (Phi) is 4.43. The third-order valence-corrected chi connectivity index (χ3v) is 2.30. The first-order valence-corrected chi connectivity index (χ1v) is 5.30. The number of halogens is 1. The van der Waals surface area contributed by atoms with E-state index in [2.05, 4.69) is 5.32 Å². The number of nitrogens with two attached hydrogens (primary N) is 1. The van der Waals surface area contributed by atoms with Gasteiger partial charge in [-0.15, -0.1) is 0 Å². The number of hydrogen-bond acceptors (Lipinski definition) is 2. The number of rotatable bonds is 4. The largest absolute Gasteiger partial charge is 0.328 e. The summed E-state index contributed by atoms with van der Waals surface area (Å²) in [5.74, 6) is -0.487. The van der Waals surface area contributed by atoms with Gasteiger partial charge in [-0.25, -0.2) is 4.39 Å². The number of benzene rings is 1. The van der Waals surface area contributed by atoms with E-state index in [9.17, 15) is 9.18 Å². The van der Waals surface area contributed by atoms with Crippen LogP contribution in [-0.4, -0.2) is 11.9 Å². The van der Waals surface area contributed by atoms with Gasteiger partial charge in [0.15, 0.2) is 0 Å². The Hall–Kier alpha value is -1.42. The second kappa shape index (κ2) is 5.61. The van der Waals surface area contributed by atoms with Crippen LogP contribution in [0, 0.1) is 12.7 Å². The third kappa shape index (κ3) is 3.98. The van der Waals surface area contributed by atoms with E-state index in [4.69, 9.17) is 5.73 Å². The van der Waals surface area contributed by atoms with Crippen LogP contribution >= 0.6 is 0 Å². The first-order valence-electron chi connectivity index (χ1n) is 5.30. The van der Waals surface area contributed by atoms with Crippen LogP contribution in [0.3, 0.4) is 0 Å². The summed E-state index contributed by atoms with van der Waals surface area (Å²) in [6.07, 6.45) is 0.980. The van der Waals surface area contributed by atoms with Gasteiger partial charge in [0.25, 0.3) is 0 Å². The first-order chi connectivity index (χ1) is 7.49. The van der Waals surface area contributed by atoms with Crippen LogP contribution in [0.15, 0.2) is 18.2 Å². The topological polar surface area (TPSA) is 55.1 Å². The van der Waals surface area contributed by atoms with Crippen molar-refractivity contribution in [3.8, 4) is 0 Å². The lowest BCUT2D eigenvalue weighted by molar-refractivity contribution is -0.116. The Morgan fingerprint density at radius 2 is 2.25 bits per heavy atom. The minimum atomic E-state index is -0.354. The molecule has 1 aromatic rings. The summed E-state index contributed by atoms with van der Waals surface area (Å²) >= 11 is 0. The van der Waals surface area contributed by atoms with Gasteiger partial charge in [0.05, 0.1) is 0 Å². The number of carbonyl (C=O) groups excluding carboxylic acids is 1. The standard InChI is InChI=1S/C12H17FN2O/c1-8-3-5-10(13)7-11(8)15-12(16)6-4-9(2)14/h3,5,7,9H,4,6,14H2,1-2H3,(H,15,16). The molecule has 0 bridgehead atoms. The van der Waals surface area contributed by atoms with Crippen LogP contribution in [0.25, 0.3) is 0 Å². The van der Waals surface area contributed by atoms with E-state index in [1.54, 1.807) is 6.07 Å². The zero-order chi connectivity index (χ0) is 12.1. The Balaban J connectivity index is 2.59. The summed E-state index contributed by atoms with van der Waals surface area (Å²) in [4.78, 5) is 11.5. The Bertz CT molecular complexity index is 377. The van der Waals surface area contributed by atoms with Crippen molar-refractivity contribution in [2.45, 2.75) is 32.7 Å². The molecule has 4 heteroatoms. The van der Waals surface area contributed by atoms with Crippen molar-refractivity contribution in [3.05, 3.63) is 29.6 Å². The van der Waals surface area contributed by atoms with Gasteiger partial charge >= 0.3 is 0 Å². The molecule has 0 saturated heterocycles. The third-order valence-electron chi connectivity index (χ3n) is 2.30. The van der Waals surface area contributed by atoms with Crippen LogP contribution in [0.1, 0.15) is 25.3 Å². The van der Waals surface area contributed by atoms with Crippen LogP contribution < -0.4 is 11.1 Å². The van der Waals surface area contributed by atoms with E-state index in [0.29, 0.717) is 18.5 Å². The predicted octanol–water partition coefficient (Wildman–Crippen LogP) is 2.20. The van der Waals surface area contributed by atoms with Crippen molar-refractivity contribution in [2.75, 3.05) is 5.32 Å². The Morgan fingerprint density at radius 3 is 2.88 bits per heavy atom. The molecule has 88 valence electrons. The lowest BCUT2D eigenvalue weighted by Crippen LogP contribution is -2.19. The SMILES string of the molecule is Cc1ccc(F)cc1NC(=O)CCC(C)N. The molecule has 1 rings (SSSR count). The van der Waals surface area contributed by atoms with Crippen LogP contribution in [0.2, 0.25) is 0 Å². The lowest BCUT2D eigenvalue weighted by Gasteiger charge is -2.09. The fourth-order valence-corrected chi connectivity index (χ4v) is 1.30. The number of aryl methyl sites for hydroxylation is 1. The molecular weight excluding hydrogens is 207 g/mol. The molecule has 1 unspecified atom stereocenters. The molecule has 0 aliphatic rings. The van der Waals surface area contributed by atoms with E-state index >= 15 is 0 Å². The number of hydrogen-bond donors (Lipinski definition) is 2. The quantitative estimate of drug-likeness (QED) is 0.823. The molecule has 0 aromatic heterocycles. The van der Waals surface area contributed by atoms with Gasteiger partial charge in [0, 0.05) is 18.2 Å². The van der Waals surface area contributed by atoms with Gasteiger partial charge < -0.3 is 11.1 Å². The fourth-order valence-electron chi connectivity index (χ4n) is 1.30. The number of carbonyl (C=O) groups is 1. The summed E-state index contributed by atoms with van der Waals surface area (Å²) in [5.41, 5.74) is 6.91. The van der Waals surface area contributed by atoms with Crippen LogP contribution in [0.5, 0.6) is 0 Å². The van der Waals surface area contributed by atoms with Crippen molar-refractivity contribution >= 4 is 11.6 Å². The Morgan fingerprint density at radius 1 is 1.56 bits per heavy atom. The van der Waals surface area contributed by atoms with Gasteiger partial charge in [-0.05, 0) is 38.0 Å². The lowest BCUT2D eigenvalue weighted by atomic mass is 10.1. The monoisotopic (exact) mass is 224 g/mol. The van der Waals surface area contributed by atoms with Crippen LogP contribution in [-0.2, 0) is 4.79 Å². The molecule has 0 radical (unpaired) electrons. The highest BCUT2D eigenvalue weighted by molar-refractivity contribution is 5.91. The molecule has 0 fully saturated rings. The molecular formula is C12H17FN2O. The molecule has 0 saturated carbocycles. The highest BCUT2D eigenvalue weighted by Crippen LogP contribution is 2.16. The number of amides is 1. The molecule has 1 aromatic carbocycles. The van der Waals surface area contributed by atoms with Gasteiger partial charge in [0.2, 0.25) is 5.91 Å². The van der Waals surface area contributed by atoms with Crippen molar-refractivity contribution in [3.63, 3.8) is 0 Å². The summed E-state index contributed by atoms with van der Waals surface area (Å²) in [7, 11) is 0. The van der Waals surface area contributed by atoms with Crippen molar-refractivity contribution in [1.82, 2.24) is 0 Å². The van der Waals surface area contributed by atoms with Gasteiger partial charge in [0.1, 0.15) is 5.82 Å². The predicted molar refractivity (Wildman–Crippen MR) is 62.7 cm³/mol. The van der Waals surface area contributed by atoms with Crippen LogP contribution in [0.4, 0.5) is 10.1 Å². The molecule has 3 N–H and O–H groups in total. The highest BCUT2D eigenvalue weighted by Gasteiger charge is 2.06. The molecule has 0 aliphatic heterocycles. The van der Waals surface area contributed by atoms with E-state index < -0.39 is 0 Å². The zero-order valence-electron chi connectivity index (χ0n) is 9.59. The summed E-state index contributed by atoms with van der Waals surface area (Å²) in [6.45, 7) is 3.67. The van der Waals surface area contributed by atoms with E-state index in [1.165, 1.54) is 12.1 Å². The van der Waals surface area contributed by atoms with E-state index in [-0.39, 0.29) is 17.8 Å². The average Bonchev–Trinajstić information content (AvgIpc) is 2.20. The number of nitrogens with one attached hydrogen (secondary N) is 1. The smallest absolute Gasteiger partial charge is 0.224 e. The second-order valence-corrected chi connectivity index (χ2v) is 4.02. The average molecular weight is 224 g/mol. The summed E-state index contributed by atoms with van der Waals surface area (Å²) in [5, 5.41) is 2.67. The van der Waals surface area contributed by atoms with Gasteiger partial charge in [-0.3, -0.25) is 4.79 Å². The molecule has 16 heavy (non-hydrogen) atoms. The van der Waals surface area contributed by atoms with Crippen molar-refractivity contribution < 1.29 is 9.18 Å². The van der Waals surface area contributed by atoms with Crippen molar-refractivity contribution in [2.24, 2.45) is 5.73 Å². The molecule has 0 spiro atoms. The van der Waals surface area contributed by atoms with E-state index in [1.807, 2.05) is 13.8 Å². The fraction of sp³-hybridized carbons (Fsp3) is 0.417. The minimum Gasteiger partial charge on any atom is -0.328 e. The second-order valence-electron chi connectivity index (χ2n) is 4.02. The molecule has 0 heterocycles. The maximum absolute atomic E-state index is 12.9. The minimum absolute atomic E-state index is 0.000596. The highest BCUT2D eigenvalue weighted by atomic mass is 19.1. The van der Waals surface area contributed by atoms with Gasteiger partial charge in [-0.1, -0.05) is 6.07 Å². The maximum atomic E-state index is 12.9. The first kappa shape index (κ1) is 12.6. The molecule has 0 aliphatic carbocycles. The zero-order valence-corrected chi connectivity index (χ0v) is 9.59. The maximum Gasteiger partial charge on any atom is 0.224 e. The molecule has 3 nitrogen and oxygen atoms in total. The van der Waals surface area contributed by atoms with E-state index in [0.717, 1.165) is 5.56 Å². The van der Waals surface area contributed by atoms with Crippen molar-refractivity contribution in [1.29, 1.82) is 0 Å². The Labute approximate surface area is 94.8 Å². The summed E-state index contributed by atoms with van der Waals surface area (Å²) in [6, 6.07) is 4.32. The normalized spacial score (nSPS) is 12.2. The summed E-state index contributed by atoms with van der Waals surface area (Å²) < 4.78 is 12.9. The molecule has 1 amide bonds.